The van der Waals surface area contributed by atoms with E-state index in [4.69, 9.17) is 161 Å². The van der Waals surface area contributed by atoms with Crippen LogP contribution in [0.4, 0.5) is 0 Å². The van der Waals surface area contributed by atoms with Gasteiger partial charge in [0.2, 0.25) is 18.1 Å². The van der Waals surface area contributed by atoms with E-state index >= 15 is 0 Å². The van der Waals surface area contributed by atoms with E-state index in [1.807, 2.05) is 53.3 Å². The van der Waals surface area contributed by atoms with Crippen molar-refractivity contribution in [3.63, 3.8) is 0 Å². The van der Waals surface area contributed by atoms with Gasteiger partial charge in [0.05, 0.1) is 441 Å². The van der Waals surface area contributed by atoms with E-state index < -0.39 is 26.2 Å². The predicted molar refractivity (Wildman–Crippen MR) is 500 cm³/mol. The van der Waals surface area contributed by atoms with E-state index in [-0.39, 0.29) is 43.2 Å². The Morgan fingerprint density at radius 2 is 0.380 bits per heavy atom. The summed E-state index contributed by atoms with van der Waals surface area (Å²) < 4.78 is 185. The molecule has 774 valence electrons. The second kappa shape index (κ2) is 108. The maximum atomic E-state index is 10.9. The Morgan fingerprint density at radius 3 is 0.566 bits per heavy atom. The van der Waals surface area contributed by atoms with Crippen molar-refractivity contribution >= 4 is 37.9 Å². The molecule has 0 amide bonds. The number of thioether (sulfide) groups is 1. The van der Waals surface area contributed by atoms with Gasteiger partial charge in [-0.3, -0.25) is 0 Å². The summed E-state index contributed by atoms with van der Waals surface area (Å²) >= 11 is 2.01. The summed E-state index contributed by atoms with van der Waals surface area (Å²) in [4.78, 5) is 21.7. The zero-order valence-corrected chi connectivity index (χ0v) is 85.3. The highest BCUT2D eigenvalue weighted by molar-refractivity contribution is 7.99. The molecule has 0 aromatic rings. The molecule has 0 rings (SSSR count). The minimum atomic E-state index is -1.64. The van der Waals surface area contributed by atoms with Gasteiger partial charge < -0.3 is 171 Å². The molecule has 0 aromatic carbocycles. The Labute approximate surface area is 786 Å². The molecule has 0 aliphatic heterocycles. The van der Waals surface area contributed by atoms with Crippen molar-refractivity contribution in [3.8, 4) is 0 Å². The van der Waals surface area contributed by atoms with Gasteiger partial charge in [-0.25, -0.2) is 0 Å². The summed E-state index contributed by atoms with van der Waals surface area (Å²) in [7, 11) is -4.19. The molecule has 0 spiro atoms. The van der Waals surface area contributed by atoms with Crippen molar-refractivity contribution in [1.29, 1.82) is 0 Å². The number of ether oxygens (including phenoxy) is 33. The highest BCUT2D eigenvalue weighted by Crippen LogP contribution is 2.33. The van der Waals surface area contributed by atoms with Crippen LogP contribution < -0.4 is 0 Å². The number of aliphatic hydroxyl groups is 1. The molecule has 2 radical (unpaired) electrons. The van der Waals surface area contributed by atoms with Gasteiger partial charge in [-0.15, -0.1) is 0 Å². The first-order valence-corrected chi connectivity index (χ1v) is 55.6. The fraction of sp³-hybridized carbons (Fsp3) is 1.00. The fourth-order valence-electron chi connectivity index (χ4n) is 11.5. The number of hydrogen-bond donors (Lipinski definition) is 3. The van der Waals surface area contributed by atoms with Gasteiger partial charge >= 0.3 is 0 Å². The summed E-state index contributed by atoms with van der Waals surface area (Å²) in [6.07, 6.45) is 4.89. The van der Waals surface area contributed by atoms with Crippen LogP contribution in [0.5, 0.6) is 0 Å². The van der Waals surface area contributed by atoms with Crippen LogP contribution in [0.1, 0.15) is 94.4 Å². The lowest BCUT2D eigenvalue weighted by atomic mass is 10.3. The van der Waals surface area contributed by atoms with Crippen LogP contribution >= 0.6 is 11.8 Å². The van der Waals surface area contributed by atoms with Gasteiger partial charge in [-0.05, 0) is 89.3 Å². The lowest BCUT2D eigenvalue weighted by Gasteiger charge is -2.34. The Balaban J connectivity index is 3.23. The monoisotopic (exact) mass is 1950 g/mol. The molecule has 6 atom stereocenters. The molecule has 6 unspecified atom stereocenters. The first kappa shape index (κ1) is 129. The number of aliphatic hydroxyl groups excluding tert-OH is 1. The van der Waals surface area contributed by atoms with Crippen LogP contribution in [0.15, 0.2) is 0 Å². The molecule has 0 aliphatic carbocycles. The van der Waals surface area contributed by atoms with Crippen LogP contribution in [0.2, 0.25) is 35.5 Å². The highest BCUT2D eigenvalue weighted by Gasteiger charge is 2.37. The van der Waals surface area contributed by atoms with E-state index in [9.17, 15) is 9.59 Å². The second-order valence-corrected chi connectivity index (χ2v) is 41.7. The smallest absolute Gasteiger partial charge is 0.204 e. The van der Waals surface area contributed by atoms with Crippen LogP contribution in [-0.4, -0.2) is 492 Å². The zero-order chi connectivity index (χ0) is 93.5. The van der Waals surface area contributed by atoms with E-state index in [0.717, 1.165) is 60.8 Å². The van der Waals surface area contributed by atoms with E-state index in [2.05, 4.69) is 20.8 Å². The average molecular weight is 1950 g/mol. The maximum Gasteiger partial charge on any atom is 0.204 e. The van der Waals surface area contributed by atoms with Crippen molar-refractivity contribution < 1.29 is 171 Å². The molecule has 0 aromatic heterocycles. The maximum absolute atomic E-state index is 10.9. The summed E-state index contributed by atoms with van der Waals surface area (Å²) in [5, 5.41) is 9.08. The molecule has 129 heavy (non-hydrogen) atoms. The van der Waals surface area contributed by atoms with Gasteiger partial charge in [-0.1, -0.05) is 52.1 Å². The molecular weight excluding hydrogens is 1760 g/mol. The van der Waals surface area contributed by atoms with E-state index in [1.54, 1.807) is 0 Å². The standard InChI is InChI=1S/C89H184O36SSi3/c1-10-72-127(91)82-129(74-12-3,83-128(92)73-11-2)75-14-71-126-70-13-15-93-16-17-94-18-19-95-20-21-96-22-23-97-24-25-98-26-27-99-28-29-100-30-31-101-32-33-102-34-35-103-36-37-104-38-39-105-40-41-106-42-43-107-44-45-108-46-47-109-48-49-110-50-51-111-52-53-112-54-55-113-56-57-114-58-59-115-60-61-116-62-63-117-64-65-118-66-67-119-68-69-120-85(5)77-122-87(7)79-124-89(9)81-125-88(8)80-123-86(6)78-121-84(4)76-90/h84-92H,10-83H2,1-9H3. The van der Waals surface area contributed by atoms with Gasteiger partial charge in [0.25, 0.3) is 0 Å². The molecule has 0 fully saturated rings. The normalized spacial score (nSPS) is 13.6. The third-order valence-corrected chi connectivity index (χ3v) is 33.8. The average Bonchev–Trinajstić information content (AvgIpc) is 0.846. The van der Waals surface area contributed by atoms with Crippen molar-refractivity contribution in [2.75, 3.05) is 415 Å². The summed E-state index contributed by atoms with van der Waals surface area (Å²) in [6, 6.07) is 4.48. The molecule has 0 saturated heterocycles. The summed E-state index contributed by atoms with van der Waals surface area (Å²) in [6.45, 7) is 47.3. The number of rotatable bonds is 116. The Hall–Kier alpha value is -0.439. The predicted octanol–water partition coefficient (Wildman–Crippen LogP) is 7.10. The van der Waals surface area contributed by atoms with Gasteiger partial charge in [0.1, 0.15) is 0 Å². The van der Waals surface area contributed by atoms with E-state index in [1.165, 1.54) is 24.9 Å². The Morgan fingerprint density at radius 1 is 0.209 bits per heavy atom. The van der Waals surface area contributed by atoms with Gasteiger partial charge in [0.15, 0.2) is 0 Å². The van der Waals surface area contributed by atoms with Gasteiger partial charge in [0, 0.05) is 6.61 Å². The fourth-order valence-corrected chi connectivity index (χ4v) is 28.8. The first-order valence-electron chi connectivity index (χ1n) is 47.9. The van der Waals surface area contributed by atoms with Crippen LogP contribution in [0.25, 0.3) is 0 Å². The molecular formula is C89H184O36SSi3. The topological polar surface area (TPSA) is 365 Å². The second-order valence-electron chi connectivity index (χ2n) is 30.4. The molecule has 0 heterocycles. The van der Waals surface area contributed by atoms with Crippen LogP contribution in [-0.2, 0) is 156 Å². The first-order chi connectivity index (χ1) is 63.4. The van der Waals surface area contributed by atoms with Crippen molar-refractivity contribution in [3.05, 3.63) is 0 Å². The summed E-state index contributed by atoms with van der Waals surface area (Å²) in [5.41, 5.74) is 2.14. The van der Waals surface area contributed by atoms with Crippen molar-refractivity contribution in [2.24, 2.45) is 0 Å². The zero-order valence-electron chi connectivity index (χ0n) is 81.5. The molecule has 3 N–H and O–H groups in total. The minimum absolute atomic E-state index is 0.0138. The largest absolute Gasteiger partial charge is 0.432 e. The molecule has 40 heteroatoms. The quantitative estimate of drug-likeness (QED) is 0.0404. The Bertz CT molecular complexity index is 2080. The summed E-state index contributed by atoms with van der Waals surface area (Å²) in [5.74, 6) is 2.25. The lowest BCUT2D eigenvalue weighted by molar-refractivity contribution is -0.104. The molecule has 36 nitrogen and oxygen atoms in total. The number of hydrogen-bond acceptors (Lipinski definition) is 37. The molecule has 0 saturated carbocycles. The van der Waals surface area contributed by atoms with Crippen LogP contribution in [0, 0.1) is 0 Å². The molecule has 0 bridgehead atoms. The van der Waals surface area contributed by atoms with E-state index in [0.29, 0.717) is 390 Å². The SMILES string of the molecule is CCC[Si](O)C[Si](CCC)(CCCSCCCOCCOCCOCCOCCOCCOCCOCCOCCOCCOCCOCCOCCOCCOCCOCCOCCOCCOCCOCCOCCOCCOCCOCCOCCOCCOCCOCCOC(C)COC(C)COC(C)COC(C)COC(C)COC(C)CO)C[Si](O)CCC. The lowest BCUT2D eigenvalue weighted by Crippen LogP contribution is -2.43. The Kier molecular flexibility index (Phi) is 108. The van der Waals surface area contributed by atoms with Crippen molar-refractivity contribution in [2.45, 2.75) is 167 Å². The molecule has 0 aliphatic rings. The minimum Gasteiger partial charge on any atom is -0.432 e. The third-order valence-electron chi connectivity index (χ3n) is 18.2. The third kappa shape index (κ3) is 103. The van der Waals surface area contributed by atoms with Crippen LogP contribution in [0.3, 0.4) is 0 Å². The van der Waals surface area contributed by atoms with Crippen molar-refractivity contribution in [1.82, 2.24) is 0 Å². The highest BCUT2D eigenvalue weighted by atomic mass is 32.2. The van der Waals surface area contributed by atoms with Gasteiger partial charge in [-0.2, -0.15) is 11.8 Å².